The van der Waals surface area contributed by atoms with Gasteiger partial charge in [0.15, 0.2) is 34.4 Å². The maximum atomic E-state index is 13.3. The predicted molar refractivity (Wildman–Crippen MR) is 544 cm³/mol. The van der Waals surface area contributed by atoms with Crippen LogP contribution in [0.4, 0.5) is 68.0 Å². The number of pyridine rings is 5. The summed E-state index contributed by atoms with van der Waals surface area (Å²) in [7, 11) is 11.5. The lowest BCUT2D eigenvalue weighted by molar-refractivity contribution is -0.139. The molecule has 15 heterocycles. The lowest BCUT2D eigenvalue weighted by Crippen LogP contribution is -2.49. The number of piperazine rings is 4. The molecule has 6 fully saturated rings. The lowest BCUT2D eigenvalue weighted by atomic mass is 9.98. The fourth-order valence-electron chi connectivity index (χ4n) is 19.2. The second kappa shape index (κ2) is 44.2. The predicted octanol–water partition coefficient (Wildman–Crippen LogP) is 14.6. The molecule has 0 radical (unpaired) electrons. The Hall–Kier alpha value is -15.5. The minimum absolute atomic E-state index is 0.0818. The van der Waals surface area contributed by atoms with Crippen LogP contribution >= 0.6 is 0 Å². The molecule has 4 atom stereocenters. The van der Waals surface area contributed by atoms with Crippen molar-refractivity contribution >= 4 is 56.7 Å². The molecular formula is C106H110F9N19O13. The van der Waals surface area contributed by atoms with Crippen molar-refractivity contribution in [2.75, 3.05) is 186 Å². The van der Waals surface area contributed by atoms with E-state index in [1.54, 1.807) is 99.3 Å². The van der Waals surface area contributed by atoms with Gasteiger partial charge in [-0.05, 0) is 184 Å². The van der Waals surface area contributed by atoms with Gasteiger partial charge in [0.25, 0.3) is 27.8 Å². The number of rotatable bonds is 18. The molecule has 32 nitrogen and oxygen atoms in total. The molecule has 0 amide bonds. The number of halogens is 9. The molecule has 0 spiro atoms. The lowest BCUT2D eigenvalue weighted by Gasteiger charge is -2.33. The van der Waals surface area contributed by atoms with Crippen LogP contribution in [-0.2, 0) is 18.5 Å². The zero-order valence-electron chi connectivity index (χ0n) is 82.3. The van der Waals surface area contributed by atoms with Gasteiger partial charge in [0.1, 0.15) is 39.8 Å². The molecule has 6 aliphatic rings. The third-order valence-electron chi connectivity index (χ3n) is 26.7. The van der Waals surface area contributed by atoms with Crippen LogP contribution in [0.5, 0.6) is 46.0 Å². The summed E-state index contributed by atoms with van der Waals surface area (Å²) in [5, 5.41) is 13.3. The molecule has 10 aromatic heterocycles. The Morgan fingerprint density at radius 1 is 0.279 bits per heavy atom. The summed E-state index contributed by atoms with van der Waals surface area (Å²) in [6, 6.07) is 46.2. The Kier molecular flexibility index (Phi) is 31.0. The number of fused-ring (bicyclic) bond motifs is 7. The third-order valence-corrected chi connectivity index (χ3v) is 26.7. The Bertz CT molecular complexity index is 7490. The van der Waals surface area contributed by atoms with Gasteiger partial charge in [0.05, 0.1) is 130 Å². The number of nitrogens with zero attached hydrogens (tertiary/aromatic N) is 15. The maximum absolute atomic E-state index is 13.3. The molecule has 147 heavy (non-hydrogen) atoms. The molecule has 1 aliphatic carbocycles. The minimum Gasteiger partial charge on any atom is -0.496 e. The average Bonchev–Trinajstić information content (AvgIpc) is 1.02. The van der Waals surface area contributed by atoms with Gasteiger partial charge < -0.3 is 83.7 Å². The molecule has 1 saturated carbocycles. The SMILES string of the molecule is COc1ccc(-c2cc(=O)n3cc(N4CC5CCC(C5)C4)ccc3n2)cc1OC.COc1ccc(-c2cc(=O)n3cc(N4CCNCC4)cc(OC)c3n2)cc1OC.COc1ccc(-c2cc(=O)n3cc(N4CCNCC4)ccc3n2)cc1C(F)(F)F.COc1ccc(-c2cc(=O)n3cc(N4CCN[C@@H](C)C4)ccc3n2)cc1C(F)(F)F.COc1ccc(-c2cc(=O)n3cc(N4CCN[C@H](C)C4)ccc3n2)cc1C(F)(F)F. The van der Waals surface area contributed by atoms with E-state index in [0.717, 1.165) is 174 Å². The fourth-order valence-corrected chi connectivity index (χ4v) is 19.2. The average molecular weight is 2030 g/mol. The van der Waals surface area contributed by atoms with Gasteiger partial charge in [-0.15, -0.1) is 0 Å². The number of benzene rings is 5. The fraction of sp³-hybridized carbons (Fsp3) is 0.340. The van der Waals surface area contributed by atoms with Crippen molar-refractivity contribution in [1.29, 1.82) is 0 Å². The number of ether oxygens (including phenoxy) is 8. The normalized spacial score (nSPS) is 16.9. The van der Waals surface area contributed by atoms with Crippen molar-refractivity contribution < 1.29 is 77.4 Å². The van der Waals surface area contributed by atoms with Gasteiger partial charge in [-0.25, -0.2) is 24.9 Å². The van der Waals surface area contributed by atoms with Gasteiger partial charge in [-0.1, -0.05) is 0 Å². The van der Waals surface area contributed by atoms with E-state index in [-0.39, 0.29) is 78.8 Å². The van der Waals surface area contributed by atoms with Crippen LogP contribution in [0.15, 0.2) is 231 Å². The quantitative estimate of drug-likeness (QED) is 0.0580. The first kappa shape index (κ1) is 103. The number of hydrogen-bond donors (Lipinski definition) is 4. The van der Waals surface area contributed by atoms with Crippen molar-refractivity contribution in [2.45, 2.75) is 63.7 Å². The topological polar surface area (TPSA) is 310 Å². The maximum Gasteiger partial charge on any atom is 0.419 e. The highest BCUT2D eigenvalue weighted by molar-refractivity contribution is 5.73. The van der Waals surface area contributed by atoms with E-state index in [2.05, 4.69) is 80.6 Å². The first-order valence-electron chi connectivity index (χ1n) is 47.8. The number of hydrogen-bond acceptors (Lipinski definition) is 27. The Morgan fingerprint density at radius 3 is 0.878 bits per heavy atom. The van der Waals surface area contributed by atoms with Crippen LogP contribution in [0.2, 0.25) is 0 Å². The number of anilines is 5. The smallest absolute Gasteiger partial charge is 0.419 e. The Labute approximate surface area is 837 Å². The summed E-state index contributed by atoms with van der Waals surface area (Å²) in [4.78, 5) is 97.7. The van der Waals surface area contributed by atoms with Gasteiger partial charge in [0.2, 0.25) is 0 Å². The number of nitrogens with one attached hydrogen (secondary N) is 4. The van der Waals surface area contributed by atoms with Gasteiger partial charge in [-0.3, -0.25) is 46.0 Å². The summed E-state index contributed by atoms with van der Waals surface area (Å²) in [5.74, 6) is 3.77. The highest BCUT2D eigenvalue weighted by atomic mass is 19.4. The molecule has 21 rings (SSSR count). The Morgan fingerprint density at radius 2 is 0.558 bits per heavy atom. The standard InChI is InChI=1S/C23H25N3O3.2C21H21F3N4O2.C21H24N4O4.C20H19F3N4O2/c1-28-20-7-5-17(10-21(20)29-2)19-11-23(27)26-14-18(6-8-22(26)24-19)25-12-15-3-4-16(9-15)13-25;2*1-13-11-27(8-7-25-13)15-4-6-19-26-17(10-20(29)28(19)12-15)14-3-5-18(30-2)16(9-14)21(22,23)24;1-27-17-5-4-14(10-18(17)28-2)16-12-20(26)25-13-15(24-8-6-22-7-9-24)11-19(29-3)21(25)23-16;1-29-17-4-2-13(10-15(17)20(21,22)23)16-11-19(28)27-12-14(3-5-18(27)25-16)26-8-6-24-7-9-26/h5-8,10-11,14-16H,3-4,9,12-13H2,1-2H3;2*3-6,9-10,12-13,25H,7-8,11H2,1-2H3;4-5,10-13,22H,6-9H2,1-3H3;2-5,10-12,24H,6-9H2,1H3/t;2*13-;;/m.10../s1. The summed E-state index contributed by atoms with van der Waals surface area (Å²) in [6.07, 6.45) is -0.768. The highest BCUT2D eigenvalue weighted by Crippen LogP contribution is 2.44. The monoisotopic (exact) mass is 2030 g/mol. The zero-order valence-corrected chi connectivity index (χ0v) is 82.3. The Balaban J connectivity index is 0.000000126. The molecule has 41 heteroatoms. The second-order valence-electron chi connectivity index (χ2n) is 36.2. The number of aromatic nitrogens is 10. The zero-order chi connectivity index (χ0) is 104. The van der Waals surface area contributed by atoms with Gasteiger partial charge >= 0.3 is 18.5 Å². The van der Waals surface area contributed by atoms with Gasteiger partial charge in [-0.2, -0.15) is 39.5 Å². The van der Waals surface area contributed by atoms with Crippen molar-refractivity contribution in [3.8, 4) is 102 Å². The molecule has 5 saturated heterocycles. The van der Waals surface area contributed by atoms with E-state index in [9.17, 15) is 63.5 Å². The first-order chi connectivity index (χ1) is 70.7. The summed E-state index contributed by atoms with van der Waals surface area (Å²) in [5.41, 5.74) is 6.81. The molecule has 770 valence electrons. The molecule has 5 aliphatic heterocycles. The summed E-state index contributed by atoms with van der Waals surface area (Å²) < 4.78 is 169. The van der Waals surface area contributed by atoms with Crippen LogP contribution < -0.4 is 111 Å². The van der Waals surface area contributed by atoms with Crippen LogP contribution in [-0.4, -0.2) is 221 Å². The van der Waals surface area contributed by atoms with Crippen LogP contribution in [0.25, 0.3) is 84.5 Å². The summed E-state index contributed by atoms with van der Waals surface area (Å²) >= 11 is 0. The van der Waals surface area contributed by atoms with Gasteiger partial charge in [0, 0.05) is 212 Å². The molecule has 2 unspecified atom stereocenters. The van der Waals surface area contributed by atoms with Crippen molar-refractivity contribution in [3.05, 3.63) is 275 Å². The van der Waals surface area contributed by atoms with Crippen LogP contribution in [0.3, 0.4) is 0 Å². The van der Waals surface area contributed by atoms with E-state index < -0.39 is 35.2 Å². The van der Waals surface area contributed by atoms with E-state index in [1.165, 1.54) is 114 Å². The third kappa shape index (κ3) is 23.2. The molecule has 5 aromatic carbocycles. The largest absolute Gasteiger partial charge is 0.496 e. The number of alkyl halides is 9. The second-order valence-corrected chi connectivity index (χ2v) is 36.2. The minimum atomic E-state index is -4.58. The van der Waals surface area contributed by atoms with Crippen molar-refractivity contribution in [1.82, 2.24) is 68.2 Å². The van der Waals surface area contributed by atoms with E-state index >= 15 is 0 Å². The van der Waals surface area contributed by atoms with Crippen LogP contribution in [0, 0.1) is 11.8 Å². The molecular weight excluding hydrogens is 1920 g/mol. The summed E-state index contributed by atoms with van der Waals surface area (Å²) in [6.45, 7) is 18.3. The molecule has 2 bridgehead atoms. The first-order valence-corrected chi connectivity index (χ1v) is 47.8. The number of methoxy groups -OCH3 is 8. The van der Waals surface area contributed by atoms with Crippen molar-refractivity contribution in [2.24, 2.45) is 11.8 Å². The van der Waals surface area contributed by atoms with E-state index in [1.807, 2.05) is 67.0 Å². The molecule has 4 N–H and O–H groups in total. The highest BCUT2D eigenvalue weighted by Gasteiger charge is 2.39. The molecule has 15 aromatic rings. The number of piperidine rings is 1. The van der Waals surface area contributed by atoms with Crippen LogP contribution in [0.1, 0.15) is 49.8 Å². The van der Waals surface area contributed by atoms with E-state index in [4.69, 9.17) is 47.9 Å². The van der Waals surface area contributed by atoms with E-state index in [0.29, 0.717) is 80.5 Å². The van der Waals surface area contributed by atoms with Crippen molar-refractivity contribution in [3.63, 3.8) is 0 Å².